The van der Waals surface area contributed by atoms with Crippen molar-refractivity contribution in [1.29, 1.82) is 0 Å². The second kappa shape index (κ2) is 9.78. The molecule has 1 aromatic carbocycles. The lowest BCUT2D eigenvalue weighted by Crippen LogP contribution is -3.18. The van der Waals surface area contributed by atoms with Gasteiger partial charge in [-0.05, 0) is 64.8 Å². The highest BCUT2D eigenvalue weighted by Crippen LogP contribution is 2.16. The lowest BCUT2D eigenvalue weighted by Gasteiger charge is -2.27. The molecule has 2 rings (SSSR count). The Morgan fingerprint density at radius 1 is 1.24 bits per heavy atom. The number of hydrogen-bond donors (Lipinski definition) is 2. The van der Waals surface area contributed by atoms with Gasteiger partial charge in [-0.25, -0.2) is 0 Å². The van der Waals surface area contributed by atoms with Crippen molar-refractivity contribution in [3.8, 4) is 5.75 Å². The van der Waals surface area contributed by atoms with Crippen LogP contribution in [0.4, 0.5) is 0 Å². The minimum atomic E-state index is -0.0301. The fraction of sp³-hybridized carbons (Fsp3) is 0.650. The molecule has 1 atom stereocenters. The van der Waals surface area contributed by atoms with E-state index in [0.717, 1.165) is 31.7 Å². The monoisotopic (exact) mass is 349 g/mol. The molecular weight excluding hydrogens is 316 g/mol. The molecule has 0 bridgehead atoms. The topological polar surface area (TPSA) is 52.0 Å². The average molecular weight is 349 g/mol. The van der Waals surface area contributed by atoms with Crippen LogP contribution in [0, 0.1) is 0 Å². The standard InChI is InChI=1S/C20H32N2O3/c1-15(2)22(16(3)4)12-11-21-20(23)17-7-9-18(10-8-17)25-14-19-6-5-13-24-19/h7-10,15-16,19H,5-6,11-14H2,1-4H3,(H,21,23)/p+1/t19-/m1/s1. The number of amides is 1. The van der Waals surface area contributed by atoms with Gasteiger partial charge in [-0.3, -0.25) is 4.79 Å². The van der Waals surface area contributed by atoms with Crippen LogP contribution in [0.15, 0.2) is 24.3 Å². The number of ether oxygens (including phenoxy) is 2. The van der Waals surface area contributed by atoms with E-state index < -0.39 is 0 Å². The Labute approximate surface area is 151 Å². The Balaban J connectivity index is 1.75. The van der Waals surface area contributed by atoms with Crippen LogP contribution in [0.3, 0.4) is 0 Å². The number of carbonyl (C=O) groups is 1. The Bertz CT molecular complexity index is 514. The summed E-state index contributed by atoms with van der Waals surface area (Å²) in [7, 11) is 0. The summed E-state index contributed by atoms with van der Waals surface area (Å²) < 4.78 is 11.3. The highest BCUT2D eigenvalue weighted by Gasteiger charge is 2.17. The Hall–Kier alpha value is -1.59. The average Bonchev–Trinajstić information content (AvgIpc) is 3.10. The number of nitrogens with one attached hydrogen (secondary N) is 2. The largest absolute Gasteiger partial charge is 0.491 e. The van der Waals surface area contributed by atoms with E-state index in [2.05, 4.69) is 33.0 Å². The first kappa shape index (κ1) is 19.7. The molecule has 1 aliphatic rings. The molecular formula is C20H33N2O3+. The summed E-state index contributed by atoms with van der Waals surface area (Å²) >= 11 is 0. The SMILES string of the molecule is CC(C)[NH+](CCNC(=O)c1ccc(OC[C@H]2CCCO2)cc1)C(C)C. The fourth-order valence-corrected chi connectivity index (χ4v) is 3.33. The second-order valence-corrected chi connectivity index (χ2v) is 7.36. The molecule has 1 heterocycles. The molecule has 1 aliphatic heterocycles. The molecule has 1 saturated heterocycles. The third-order valence-electron chi connectivity index (χ3n) is 4.76. The molecule has 1 amide bonds. The molecule has 0 aliphatic carbocycles. The molecule has 25 heavy (non-hydrogen) atoms. The summed E-state index contributed by atoms with van der Waals surface area (Å²) in [5.74, 6) is 0.750. The van der Waals surface area contributed by atoms with E-state index in [1.807, 2.05) is 24.3 Å². The molecule has 1 aromatic rings. The van der Waals surface area contributed by atoms with Gasteiger partial charge in [0.1, 0.15) is 12.4 Å². The van der Waals surface area contributed by atoms with Crippen LogP contribution in [0.1, 0.15) is 50.9 Å². The molecule has 0 spiro atoms. The van der Waals surface area contributed by atoms with E-state index >= 15 is 0 Å². The lowest BCUT2D eigenvalue weighted by atomic mass is 10.2. The number of benzene rings is 1. The smallest absolute Gasteiger partial charge is 0.251 e. The first-order chi connectivity index (χ1) is 12.0. The van der Waals surface area contributed by atoms with E-state index in [0.29, 0.717) is 30.8 Å². The van der Waals surface area contributed by atoms with E-state index in [1.165, 1.54) is 4.90 Å². The number of carbonyl (C=O) groups excluding carboxylic acids is 1. The van der Waals surface area contributed by atoms with Crippen LogP contribution in [0.5, 0.6) is 5.75 Å². The molecule has 0 saturated carbocycles. The summed E-state index contributed by atoms with van der Waals surface area (Å²) in [6.07, 6.45) is 2.38. The van der Waals surface area contributed by atoms with Gasteiger partial charge in [0.2, 0.25) is 0 Å². The molecule has 5 heteroatoms. The first-order valence-corrected chi connectivity index (χ1v) is 9.45. The van der Waals surface area contributed by atoms with Gasteiger partial charge in [0.25, 0.3) is 5.91 Å². The minimum absolute atomic E-state index is 0.0301. The summed E-state index contributed by atoms with van der Waals surface area (Å²) in [5, 5.41) is 3.01. The Morgan fingerprint density at radius 2 is 1.92 bits per heavy atom. The zero-order chi connectivity index (χ0) is 18.2. The van der Waals surface area contributed by atoms with Gasteiger partial charge < -0.3 is 19.7 Å². The zero-order valence-corrected chi connectivity index (χ0v) is 16.0. The lowest BCUT2D eigenvalue weighted by molar-refractivity contribution is -0.941. The minimum Gasteiger partial charge on any atom is -0.491 e. The molecule has 0 radical (unpaired) electrons. The van der Waals surface area contributed by atoms with Crippen LogP contribution in [0.25, 0.3) is 0 Å². The second-order valence-electron chi connectivity index (χ2n) is 7.36. The third kappa shape index (κ3) is 6.33. The van der Waals surface area contributed by atoms with Crippen molar-refractivity contribution < 1.29 is 19.2 Å². The van der Waals surface area contributed by atoms with Gasteiger partial charge in [-0.2, -0.15) is 0 Å². The normalized spacial score (nSPS) is 17.5. The van der Waals surface area contributed by atoms with Crippen LogP contribution in [0.2, 0.25) is 0 Å². The quantitative estimate of drug-likeness (QED) is 0.713. The van der Waals surface area contributed by atoms with E-state index in [-0.39, 0.29) is 12.0 Å². The summed E-state index contributed by atoms with van der Waals surface area (Å²) in [4.78, 5) is 13.8. The van der Waals surface area contributed by atoms with Crippen molar-refractivity contribution >= 4 is 5.91 Å². The van der Waals surface area contributed by atoms with Gasteiger partial charge in [0.05, 0.1) is 31.3 Å². The van der Waals surface area contributed by atoms with Crippen molar-refractivity contribution in [2.24, 2.45) is 0 Å². The van der Waals surface area contributed by atoms with Crippen LogP contribution < -0.4 is 15.0 Å². The Kier molecular flexibility index (Phi) is 7.72. The molecule has 0 unspecified atom stereocenters. The van der Waals surface area contributed by atoms with Crippen LogP contribution >= 0.6 is 0 Å². The van der Waals surface area contributed by atoms with Crippen molar-refractivity contribution in [3.05, 3.63) is 29.8 Å². The van der Waals surface area contributed by atoms with Crippen LogP contribution in [-0.4, -0.2) is 50.4 Å². The fourth-order valence-electron chi connectivity index (χ4n) is 3.33. The third-order valence-corrected chi connectivity index (χ3v) is 4.76. The van der Waals surface area contributed by atoms with Crippen molar-refractivity contribution in [2.75, 3.05) is 26.3 Å². The first-order valence-electron chi connectivity index (χ1n) is 9.45. The van der Waals surface area contributed by atoms with Crippen molar-refractivity contribution in [1.82, 2.24) is 5.32 Å². The Morgan fingerprint density at radius 3 is 2.48 bits per heavy atom. The molecule has 2 N–H and O–H groups in total. The number of hydrogen-bond acceptors (Lipinski definition) is 3. The van der Waals surface area contributed by atoms with Crippen LogP contribution in [-0.2, 0) is 4.74 Å². The number of rotatable bonds is 9. The predicted octanol–water partition coefficient (Wildman–Crippen LogP) is 1.68. The van der Waals surface area contributed by atoms with Gasteiger partial charge in [0, 0.05) is 12.2 Å². The van der Waals surface area contributed by atoms with Gasteiger partial charge in [-0.15, -0.1) is 0 Å². The highest BCUT2D eigenvalue weighted by molar-refractivity contribution is 5.94. The molecule has 5 nitrogen and oxygen atoms in total. The van der Waals surface area contributed by atoms with Crippen molar-refractivity contribution in [2.45, 2.75) is 58.7 Å². The summed E-state index contributed by atoms with van der Waals surface area (Å²) in [5.41, 5.74) is 0.667. The molecule has 0 aromatic heterocycles. The van der Waals surface area contributed by atoms with E-state index in [4.69, 9.17) is 9.47 Å². The maximum Gasteiger partial charge on any atom is 0.251 e. The summed E-state index contributed by atoms with van der Waals surface area (Å²) in [6, 6.07) is 8.44. The maximum atomic E-state index is 12.3. The van der Waals surface area contributed by atoms with E-state index in [9.17, 15) is 4.79 Å². The van der Waals surface area contributed by atoms with E-state index in [1.54, 1.807) is 0 Å². The van der Waals surface area contributed by atoms with Gasteiger partial charge in [0.15, 0.2) is 0 Å². The predicted molar refractivity (Wildman–Crippen MR) is 99.3 cm³/mol. The van der Waals surface area contributed by atoms with Crippen molar-refractivity contribution in [3.63, 3.8) is 0 Å². The van der Waals surface area contributed by atoms with Gasteiger partial charge >= 0.3 is 0 Å². The zero-order valence-electron chi connectivity index (χ0n) is 16.0. The molecule has 140 valence electrons. The summed E-state index contributed by atoms with van der Waals surface area (Å²) in [6.45, 7) is 11.9. The number of quaternary nitrogens is 1. The molecule has 1 fully saturated rings. The highest BCUT2D eigenvalue weighted by atomic mass is 16.5. The maximum absolute atomic E-state index is 12.3. The van der Waals surface area contributed by atoms with Gasteiger partial charge in [-0.1, -0.05) is 0 Å².